The maximum Gasteiger partial charge on any atom is 4.00 e. The molecule has 0 saturated carbocycles. The topological polar surface area (TPSA) is 92.2 Å². The molecular formula is B2O4Ru. The molecule has 38 valence electrons. The summed E-state index contributed by atoms with van der Waals surface area (Å²) in [6.45, 7) is 0. The molecule has 0 fully saturated rings. The van der Waals surface area contributed by atoms with Gasteiger partial charge in [-0.05, 0) is 0 Å². The Bertz CT molecular complexity index is 11.7. The van der Waals surface area contributed by atoms with Crippen molar-refractivity contribution in [2.75, 3.05) is 0 Å². The summed E-state index contributed by atoms with van der Waals surface area (Å²) in [6.07, 6.45) is 0. The first-order valence-electron chi connectivity index (χ1n) is 0.943. The Hall–Kier alpha value is 0.593. The molecule has 0 aromatic carbocycles. The minimum Gasteiger partial charge on any atom is -0.900 e. The Labute approximate surface area is 55.6 Å². The Morgan fingerprint density at radius 1 is 0.714 bits per heavy atom. The molecule has 7 heavy (non-hydrogen) atoms. The van der Waals surface area contributed by atoms with Gasteiger partial charge in [0.1, 0.15) is 0 Å². The number of hydrogen-bond donors (Lipinski definition) is 0. The van der Waals surface area contributed by atoms with E-state index in [1.807, 2.05) is 0 Å². The van der Waals surface area contributed by atoms with Crippen molar-refractivity contribution in [1.29, 1.82) is 0 Å². The van der Waals surface area contributed by atoms with E-state index in [4.69, 9.17) is 20.1 Å². The van der Waals surface area contributed by atoms with Crippen LogP contribution in [0.1, 0.15) is 0 Å². The molecule has 0 N–H and O–H groups in total. The van der Waals surface area contributed by atoms with Gasteiger partial charge in [-0.25, -0.2) is 15.4 Å². The van der Waals surface area contributed by atoms with Crippen LogP contribution in [0.3, 0.4) is 0 Å². The first-order valence-corrected chi connectivity index (χ1v) is 0.943. The standard InChI is InChI=1S/2BO2.Ru/c2*2-1-3;/q2*-2;+4. The van der Waals surface area contributed by atoms with Gasteiger partial charge in [-0.15, -0.1) is 0 Å². The summed E-state index contributed by atoms with van der Waals surface area (Å²) in [5.41, 5.74) is 0. The third-order valence-corrected chi connectivity index (χ3v) is 0. The molecule has 0 rings (SSSR count). The zero-order valence-electron chi connectivity index (χ0n) is 3.14. The van der Waals surface area contributed by atoms with Crippen LogP contribution in [0.5, 0.6) is 0 Å². The van der Waals surface area contributed by atoms with Crippen LogP contribution in [0.15, 0.2) is 0 Å². The molecule has 0 aromatic heterocycles. The predicted octanol–water partition coefficient (Wildman–Crippen LogP) is -5.52. The fraction of sp³-hybridized carbons (Fsp3) is 0. The Balaban J connectivity index is -0.0000000400. The third kappa shape index (κ3) is 395. The van der Waals surface area contributed by atoms with Crippen molar-refractivity contribution < 1.29 is 39.6 Å². The van der Waals surface area contributed by atoms with Crippen molar-refractivity contribution in [2.45, 2.75) is 0 Å². The van der Waals surface area contributed by atoms with Crippen molar-refractivity contribution in [3.8, 4) is 0 Å². The van der Waals surface area contributed by atoms with Gasteiger partial charge >= 0.3 is 19.5 Å². The van der Waals surface area contributed by atoms with Crippen LogP contribution in [0, 0.1) is 0 Å². The van der Waals surface area contributed by atoms with E-state index < -0.39 is 15.4 Å². The van der Waals surface area contributed by atoms with E-state index >= 15 is 0 Å². The van der Waals surface area contributed by atoms with Gasteiger partial charge in [0, 0.05) is 0 Å². The summed E-state index contributed by atoms with van der Waals surface area (Å²) in [5.74, 6) is 0. The molecule has 0 spiro atoms. The summed E-state index contributed by atoms with van der Waals surface area (Å²) in [6, 6.07) is 0. The quantitative estimate of drug-likeness (QED) is 0.353. The van der Waals surface area contributed by atoms with Crippen LogP contribution in [0.4, 0.5) is 0 Å². The van der Waals surface area contributed by atoms with Gasteiger partial charge in [0.05, 0.1) is 0 Å². The van der Waals surface area contributed by atoms with Crippen LogP contribution >= 0.6 is 0 Å². The van der Waals surface area contributed by atoms with Gasteiger partial charge in [0.2, 0.25) is 0 Å². The minimum absolute atomic E-state index is 0. The van der Waals surface area contributed by atoms with E-state index in [0.29, 0.717) is 0 Å². The van der Waals surface area contributed by atoms with Gasteiger partial charge < -0.3 is 20.1 Å². The molecule has 0 atom stereocenters. The number of hydrogen-bond acceptors (Lipinski definition) is 4. The average molecular weight is 187 g/mol. The molecule has 0 aromatic rings. The second-order valence-electron chi connectivity index (χ2n) is 0.192. The van der Waals surface area contributed by atoms with Gasteiger partial charge in [0.25, 0.3) is 0 Å². The maximum absolute atomic E-state index is 8.25. The van der Waals surface area contributed by atoms with Gasteiger partial charge in [0.15, 0.2) is 0 Å². The molecule has 2 radical (unpaired) electrons. The Kier molecular flexibility index (Phi) is 68.6. The van der Waals surface area contributed by atoms with E-state index in [1.165, 1.54) is 0 Å². The average Bonchev–Trinajstić information content (AvgIpc) is 1.39. The molecule has 0 heterocycles. The molecule has 7 heteroatoms. The van der Waals surface area contributed by atoms with E-state index in [9.17, 15) is 0 Å². The molecule has 0 aliphatic carbocycles. The van der Waals surface area contributed by atoms with E-state index in [2.05, 4.69) is 0 Å². The van der Waals surface area contributed by atoms with Crippen LogP contribution in [-0.4, -0.2) is 15.4 Å². The molecule has 4 nitrogen and oxygen atoms in total. The molecule has 0 amide bonds. The Morgan fingerprint density at radius 2 is 0.714 bits per heavy atom. The summed E-state index contributed by atoms with van der Waals surface area (Å²) >= 11 is 0. The van der Waals surface area contributed by atoms with E-state index in [1.54, 1.807) is 0 Å². The zero-order valence-corrected chi connectivity index (χ0v) is 4.88. The first kappa shape index (κ1) is 15.6. The summed E-state index contributed by atoms with van der Waals surface area (Å²) in [4.78, 5) is 0. The van der Waals surface area contributed by atoms with Crippen molar-refractivity contribution in [2.24, 2.45) is 0 Å². The van der Waals surface area contributed by atoms with Gasteiger partial charge in [-0.3, -0.25) is 0 Å². The summed E-state index contributed by atoms with van der Waals surface area (Å²) in [7, 11) is -1.00. The molecule has 0 unspecified atom stereocenters. The monoisotopic (exact) mass is 188 g/mol. The molecule has 0 bridgehead atoms. The fourth-order valence-electron chi connectivity index (χ4n) is 0. The molecular weight excluding hydrogens is 187 g/mol. The van der Waals surface area contributed by atoms with E-state index in [-0.39, 0.29) is 19.5 Å². The summed E-state index contributed by atoms with van der Waals surface area (Å²) < 4.78 is 0. The molecule has 0 aliphatic rings. The predicted molar refractivity (Wildman–Crippen MR) is 11.5 cm³/mol. The second-order valence-corrected chi connectivity index (χ2v) is 0.192. The van der Waals surface area contributed by atoms with Gasteiger partial charge in [-0.2, -0.15) is 0 Å². The Morgan fingerprint density at radius 3 is 0.714 bits per heavy atom. The second kappa shape index (κ2) is 30.7. The third-order valence-electron chi connectivity index (χ3n) is 0. The van der Waals surface area contributed by atoms with E-state index in [0.717, 1.165) is 0 Å². The van der Waals surface area contributed by atoms with Crippen molar-refractivity contribution in [1.82, 2.24) is 0 Å². The minimum atomic E-state index is -0.500. The molecule has 0 aliphatic heterocycles. The fourth-order valence-corrected chi connectivity index (χ4v) is 0. The molecule has 0 saturated heterocycles. The largest absolute Gasteiger partial charge is 4.00 e. The smallest absolute Gasteiger partial charge is 0.900 e. The summed E-state index contributed by atoms with van der Waals surface area (Å²) in [5, 5.41) is 33.0. The van der Waals surface area contributed by atoms with Gasteiger partial charge in [-0.1, -0.05) is 0 Å². The van der Waals surface area contributed by atoms with Crippen molar-refractivity contribution >= 4 is 15.4 Å². The normalized spacial score (nSPS) is 4.00. The maximum atomic E-state index is 8.25. The number of rotatable bonds is 0. The zero-order chi connectivity index (χ0) is 5.41. The van der Waals surface area contributed by atoms with Crippen LogP contribution < -0.4 is 20.1 Å². The van der Waals surface area contributed by atoms with Crippen molar-refractivity contribution in [3.63, 3.8) is 0 Å². The van der Waals surface area contributed by atoms with Crippen LogP contribution in [0.25, 0.3) is 0 Å². The SMILES string of the molecule is [O-][B][O-].[O-][B][O-].[Ru+4]. The van der Waals surface area contributed by atoms with Crippen molar-refractivity contribution in [3.05, 3.63) is 0 Å². The van der Waals surface area contributed by atoms with Crippen LogP contribution in [0.2, 0.25) is 0 Å². The van der Waals surface area contributed by atoms with Crippen LogP contribution in [-0.2, 0) is 19.5 Å². The first-order chi connectivity index (χ1) is 2.83.